The second-order valence-electron chi connectivity index (χ2n) is 7.08. The first kappa shape index (κ1) is 19.1. The minimum absolute atomic E-state index is 0.106. The molecule has 0 amide bonds. The predicted molar refractivity (Wildman–Crippen MR) is 98.8 cm³/mol. The van der Waals surface area contributed by atoms with Crippen molar-refractivity contribution in [2.45, 2.75) is 62.6 Å². The van der Waals surface area contributed by atoms with Crippen molar-refractivity contribution in [3.05, 3.63) is 35.4 Å². The lowest BCUT2D eigenvalue weighted by atomic mass is 9.82. The van der Waals surface area contributed by atoms with Crippen LogP contribution >= 0.6 is 11.9 Å². The molecule has 2 atom stereocenters. The molecule has 2 aliphatic rings. The topological polar surface area (TPSA) is 33.3 Å². The number of halogens is 2. The van der Waals surface area contributed by atoms with E-state index in [2.05, 4.69) is 16.3 Å². The number of nitrogens with one attached hydrogen (secondary N) is 2. The van der Waals surface area contributed by atoms with Gasteiger partial charge in [0, 0.05) is 12.1 Å². The number of piperidine rings is 1. The molecular weight excluding hydrogens is 342 g/mol. The van der Waals surface area contributed by atoms with Gasteiger partial charge in [-0.2, -0.15) is 0 Å². The molecule has 1 aromatic carbocycles. The van der Waals surface area contributed by atoms with E-state index in [4.69, 9.17) is 4.74 Å². The maximum atomic E-state index is 14.0. The Morgan fingerprint density at radius 2 is 2.00 bits per heavy atom. The zero-order valence-corrected chi connectivity index (χ0v) is 15.6. The second-order valence-corrected chi connectivity index (χ2v) is 7.73. The summed E-state index contributed by atoms with van der Waals surface area (Å²) in [5.74, 6) is -1.31. The third-order valence-electron chi connectivity index (χ3n) is 5.46. The number of rotatable bonds is 6. The molecule has 3 rings (SSSR count). The molecule has 1 aliphatic carbocycles. The minimum atomic E-state index is -0.744. The van der Waals surface area contributed by atoms with Gasteiger partial charge in [-0.15, -0.1) is 0 Å². The Labute approximate surface area is 153 Å². The van der Waals surface area contributed by atoms with Crippen LogP contribution in [0.4, 0.5) is 8.78 Å². The first-order valence-electron chi connectivity index (χ1n) is 9.26. The van der Waals surface area contributed by atoms with Crippen molar-refractivity contribution in [1.29, 1.82) is 0 Å². The maximum absolute atomic E-state index is 14.0. The highest BCUT2D eigenvalue weighted by atomic mass is 32.2. The molecule has 2 fully saturated rings. The maximum Gasteiger partial charge on any atom is 0.162 e. The van der Waals surface area contributed by atoms with Gasteiger partial charge in [0.05, 0.1) is 12.7 Å². The third kappa shape index (κ3) is 4.94. The first-order chi connectivity index (χ1) is 12.2. The van der Waals surface area contributed by atoms with Gasteiger partial charge >= 0.3 is 0 Å². The Morgan fingerprint density at radius 3 is 2.76 bits per heavy atom. The van der Waals surface area contributed by atoms with Crippen molar-refractivity contribution < 1.29 is 13.5 Å². The highest BCUT2D eigenvalue weighted by Gasteiger charge is 2.28. The van der Waals surface area contributed by atoms with Gasteiger partial charge in [-0.05, 0) is 68.9 Å². The van der Waals surface area contributed by atoms with Crippen molar-refractivity contribution in [1.82, 2.24) is 10.0 Å². The van der Waals surface area contributed by atoms with Crippen LogP contribution in [0.5, 0.6) is 0 Å². The lowest BCUT2D eigenvalue weighted by molar-refractivity contribution is 0.00519. The molecule has 1 aliphatic heterocycles. The van der Waals surface area contributed by atoms with E-state index in [9.17, 15) is 8.78 Å². The molecule has 0 bridgehead atoms. The average molecular weight is 371 g/mol. The molecule has 0 aromatic heterocycles. The molecule has 2 N–H and O–H groups in total. The molecule has 3 nitrogen and oxygen atoms in total. The number of hydrogen-bond donors (Lipinski definition) is 2. The highest BCUT2D eigenvalue weighted by molar-refractivity contribution is 7.96. The standard InChI is InChI=1S/C19H28F2N2OS/c1-25-23-17-6-3-11-22-18(17)12-24-14-9-7-13(8-10-14)15-4-2-5-16(20)19(15)21/h2,4-5,13-14,17-18,22-23H,3,6-12H2,1H3/t13-,14+,17-,18-/m0/s1. The summed E-state index contributed by atoms with van der Waals surface area (Å²) in [6, 6.07) is 5.30. The fraction of sp³-hybridized carbons (Fsp3) is 0.684. The van der Waals surface area contributed by atoms with Gasteiger partial charge in [0.1, 0.15) is 0 Å². The number of benzene rings is 1. The molecule has 6 heteroatoms. The van der Waals surface area contributed by atoms with Gasteiger partial charge in [-0.25, -0.2) is 8.78 Å². The van der Waals surface area contributed by atoms with Crippen LogP contribution in [0, 0.1) is 11.6 Å². The Morgan fingerprint density at radius 1 is 1.20 bits per heavy atom. The minimum Gasteiger partial charge on any atom is -0.377 e. The fourth-order valence-electron chi connectivity index (χ4n) is 4.04. The normalized spacial score (nSPS) is 30.4. The van der Waals surface area contributed by atoms with Crippen molar-refractivity contribution in [3.8, 4) is 0 Å². The summed E-state index contributed by atoms with van der Waals surface area (Å²) in [5.41, 5.74) is 0.525. The summed E-state index contributed by atoms with van der Waals surface area (Å²) >= 11 is 1.66. The quantitative estimate of drug-likeness (QED) is 0.742. The summed E-state index contributed by atoms with van der Waals surface area (Å²) in [6.07, 6.45) is 8.19. The summed E-state index contributed by atoms with van der Waals surface area (Å²) in [4.78, 5) is 0. The van der Waals surface area contributed by atoms with Crippen LogP contribution < -0.4 is 10.0 Å². The summed E-state index contributed by atoms with van der Waals surface area (Å²) in [7, 11) is 0. The Bertz CT molecular complexity index is 550. The zero-order chi connectivity index (χ0) is 17.6. The van der Waals surface area contributed by atoms with Crippen LogP contribution in [0.3, 0.4) is 0 Å². The smallest absolute Gasteiger partial charge is 0.162 e. The van der Waals surface area contributed by atoms with E-state index >= 15 is 0 Å². The van der Waals surface area contributed by atoms with Crippen molar-refractivity contribution in [2.75, 3.05) is 19.4 Å². The van der Waals surface area contributed by atoms with Gasteiger partial charge in [-0.1, -0.05) is 24.1 Å². The van der Waals surface area contributed by atoms with Crippen LogP contribution in [0.25, 0.3) is 0 Å². The van der Waals surface area contributed by atoms with Crippen LogP contribution in [0.1, 0.15) is 50.0 Å². The number of hydrogen-bond acceptors (Lipinski definition) is 4. The predicted octanol–water partition coefficient (Wildman–Crippen LogP) is 4.00. The van der Waals surface area contributed by atoms with Gasteiger partial charge in [0.2, 0.25) is 0 Å². The number of ether oxygens (including phenoxy) is 1. The van der Waals surface area contributed by atoms with Crippen LogP contribution in [-0.4, -0.2) is 37.6 Å². The third-order valence-corrected chi connectivity index (χ3v) is 6.00. The van der Waals surface area contributed by atoms with Gasteiger partial charge < -0.3 is 10.1 Å². The summed E-state index contributed by atoms with van der Waals surface area (Å²) in [6.45, 7) is 1.76. The van der Waals surface area contributed by atoms with E-state index in [1.54, 1.807) is 24.1 Å². The lowest BCUT2D eigenvalue weighted by Gasteiger charge is -2.35. The zero-order valence-electron chi connectivity index (χ0n) is 14.8. The molecule has 0 unspecified atom stereocenters. The van der Waals surface area contributed by atoms with E-state index in [0.29, 0.717) is 24.3 Å². The largest absolute Gasteiger partial charge is 0.377 e. The Hall–Kier alpha value is -0.690. The fourth-order valence-corrected chi connectivity index (χ4v) is 4.62. The molecule has 0 spiro atoms. The van der Waals surface area contributed by atoms with Crippen molar-refractivity contribution in [3.63, 3.8) is 0 Å². The van der Waals surface area contributed by atoms with Gasteiger partial charge in [0.15, 0.2) is 11.6 Å². The van der Waals surface area contributed by atoms with E-state index in [-0.39, 0.29) is 12.0 Å². The molecule has 25 heavy (non-hydrogen) atoms. The molecule has 1 heterocycles. The average Bonchev–Trinajstić information content (AvgIpc) is 2.64. The first-order valence-corrected chi connectivity index (χ1v) is 10.5. The van der Waals surface area contributed by atoms with Crippen molar-refractivity contribution in [2.24, 2.45) is 0 Å². The van der Waals surface area contributed by atoms with E-state index < -0.39 is 11.6 Å². The Balaban J connectivity index is 1.47. The van der Waals surface area contributed by atoms with E-state index in [1.807, 2.05) is 0 Å². The van der Waals surface area contributed by atoms with Crippen molar-refractivity contribution >= 4 is 11.9 Å². The van der Waals surface area contributed by atoms with Crippen LogP contribution in [0.2, 0.25) is 0 Å². The SMILES string of the molecule is CSN[C@H]1CCCN[C@H]1CO[C@H]1CC[C@@H](c2cccc(F)c2F)CC1. The molecule has 0 radical (unpaired) electrons. The molecule has 140 valence electrons. The summed E-state index contributed by atoms with van der Waals surface area (Å²) in [5, 5.41) is 3.55. The summed E-state index contributed by atoms with van der Waals surface area (Å²) < 4.78 is 37.0. The second kappa shape index (κ2) is 9.31. The lowest BCUT2D eigenvalue weighted by Crippen LogP contribution is -2.52. The highest BCUT2D eigenvalue weighted by Crippen LogP contribution is 2.35. The van der Waals surface area contributed by atoms with Gasteiger partial charge in [0.25, 0.3) is 0 Å². The Kier molecular flexibility index (Phi) is 7.10. The molecule has 1 saturated heterocycles. The van der Waals surface area contributed by atoms with Gasteiger partial charge in [-0.3, -0.25) is 4.72 Å². The van der Waals surface area contributed by atoms with Crippen LogP contribution in [-0.2, 0) is 4.74 Å². The molecule has 1 aromatic rings. The van der Waals surface area contributed by atoms with Crippen LogP contribution in [0.15, 0.2) is 18.2 Å². The van der Waals surface area contributed by atoms with E-state index in [1.165, 1.54) is 18.9 Å². The monoisotopic (exact) mass is 370 g/mol. The molecular formula is C19H28F2N2OS. The molecule has 1 saturated carbocycles. The van der Waals surface area contributed by atoms with E-state index in [0.717, 1.165) is 32.2 Å².